The van der Waals surface area contributed by atoms with Crippen LogP contribution < -0.4 is 14.9 Å². The molecule has 0 bridgehead atoms. The summed E-state index contributed by atoms with van der Waals surface area (Å²) in [4.78, 5) is 12.3. The Morgan fingerprint density at radius 2 is 2.12 bits per heavy atom. The van der Waals surface area contributed by atoms with Gasteiger partial charge in [-0.15, -0.1) is 0 Å². The minimum atomic E-state index is -0.385. The summed E-state index contributed by atoms with van der Waals surface area (Å²) in [6.07, 6.45) is 1.04. The Bertz CT molecular complexity index is 765. The fraction of sp³-hybridized carbons (Fsp3) is 0.235. The minimum Gasteiger partial charge on any atom is -0.387 e. The quantitative estimate of drug-likeness (QED) is 0.775. The van der Waals surface area contributed by atoms with Crippen molar-refractivity contribution in [2.75, 3.05) is 34.3 Å². The average Bonchev–Trinajstić information content (AvgIpc) is 3.10. The van der Waals surface area contributed by atoms with Crippen LogP contribution >= 0.6 is 23.5 Å². The summed E-state index contributed by atoms with van der Waals surface area (Å²) in [7, 11) is 1.75. The van der Waals surface area contributed by atoms with Crippen LogP contribution in [0.1, 0.15) is 16.8 Å². The Hall–Kier alpha value is -1.92. The third-order valence-electron chi connectivity index (χ3n) is 3.72. The molecular weight excluding hydrogens is 349 g/mol. The number of anilines is 3. The van der Waals surface area contributed by atoms with E-state index in [1.54, 1.807) is 49.3 Å². The third-order valence-corrected chi connectivity index (χ3v) is 5.22. The second-order valence-electron chi connectivity index (χ2n) is 5.35. The summed E-state index contributed by atoms with van der Waals surface area (Å²) in [5.41, 5.74) is 2.11. The standard InChI is InChI=1S/C17H17ClFN3OS/c1-20-15-10-12(4-5-13(15)18)21-17(23)11-3-6-16(14(19)9-11)22-7-2-8-24-22/h3-6,9-10,20H,2,7-8H2,1H3,(H,21,23). The molecule has 1 saturated heterocycles. The molecule has 126 valence electrons. The zero-order valence-corrected chi connectivity index (χ0v) is 14.7. The Morgan fingerprint density at radius 1 is 1.29 bits per heavy atom. The van der Waals surface area contributed by atoms with Crippen LogP contribution in [0.25, 0.3) is 0 Å². The number of hydrogen-bond acceptors (Lipinski definition) is 4. The van der Waals surface area contributed by atoms with E-state index in [2.05, 4.69) is 10.6 Å². The van der Waals surface area contributed by atoms with Gasteiger partial charge in [0, 0.05) is 30.6 Å². The van der Waals surface area contributed by atoms with E-state index in [9.17, 15) is 9.18 Å². The lowest BCUT2D eigenvalue weighted by molar-refractivity contribution is 0.102. The molecule has 1 heterocycles. The van der Waals surface area contributed by atoms with E-state index >= 15 is 0 Å². The van der Waals surface area contributed by atoms with Crippen LogP contribution in [0.3, 0.4) is 0 Å². The first-order valence-corrected chi connectivity index (χ1v) is 8.89. The van der Waals surface area contributed by atoms with E-state index < -0.39 is 0 Å². The number of nitrogens with one attached hydrogen (secondary N) is 2. The minimum absolute atomic E-state index is 0.279. The van der Waals surface area contributed by atoms with Gasteiger partial charge in [-0.2, -0.15) is 0 Å². The summed E-state index contributed by atoms with van der Waals surface area (Å²) >= 11 is 7.62. The fourth-order valence-corrected chi connectivity index (χ4v) is 3.72. The van der Waals surface area contributed by atoms with Gasteiger partial charge in [0.15, 0.2) is 0 Å². The molecule has 1 fully saturated rings. The number of hydrogen-bond donors (Lipinski definition) is 2. The lowest BCUT2D eigenvalue weighted by Crippen LogP contribution is -2.14. The van der Waals surface area contributed by atoms with Gasteiger partial charge in [-0.05, 0) is 54.8 Å². The van der Waals surface area contributed by atoms with Crippen LogP contribution in [0, 0.1) is 5.82 Å². The largest absolute Gasteiger partial charge is 0.387 e. The SMILES string of the molecule is CNc1cc(NC(=O)c2ccc(N3CCCS3)c(F)c2)ccc1Cl. The van der Waals surface area contributed by atoms with Crippen molar-refractivity contribution in [2.45, 2.75) is 6.42 Å². The molecule has 1 amide bonds. The van der Waals surface area contributed by atoms with Gasteiger partial charge in [0.25, 0.3) is 5.91 Å². The van der Waals surface area contributed by atoms with E-state index in [4.69, 9.17) is 11.6 Å². The molecule has 2 aromatic rings. The Balaban J connectivity index is 1.76. The smallest absolute Gasteiger partial charge is 0.255 e. The highest BCUT2D eigenvalue weighted by Gasteiger charge is 2.18. The topological polar surface area (TPSA) is 44.4 Å². The molecule has 2 aromatic carbocycles. The molecule has 0 unspecified atom stereocenters. The number of carbonyl (C=O) groups is 1. The molecule has 1 aliphatic heterocycles. The van der Waals surface area contributed by atoms with Gasteiger partial charge in [0.2, 0.25) is 0 Å². The second kappa shape index (κ2) is 7.32. The van der Waals surface area contributed by atoms with E-state index in [0.29, 0.717) is 22.1 Å². The van der Waals surface area contributed by atoms with Crippen molar-refractivity contribution in [1.82, 2.24) is 0 Å². The van der Waals surface area contributed by atoms with Gasteiger partial charge in [-0.3, -0.25) is 4.79 Å². The maximum Gasteiger partial charge on any atom is 0.255 e. The molecule has 1 aliphatic rings. The van der Waals surface area contributed by atoms with Crippen LogP contribution in [0.4, 0.5) is 21.5 Å². The molecule has 0 radical (unpaired) electrons. The van der Waals surface area contributed by atoms with Crippen molar-refractivity contribution in [3.63, 3.8) is 0 Å². The van der Waals surface area contributed by atoms with Gasteiger partial charge in [-0.25, -0.2) is 4.39 Å². The summed E-state index contributed by atoms with van der Waals surface area (Å²) in [5.74, 6) is 0.245. The Labute approximate surface area is 149 Å². The summed E-state index contributed by atoms with van der Waals surface area (Å²) in [6, 6.07) is 9.69. The molecule has 2 N–H and O–H groups in total. The monoisotopic (exact) mass is 365 g/mol. The van der Waals surface area contributed by atoms with E-state index in [1.807, 2.05) is 4.31 Å². The highest BCUT2D eigenvalue weighted by Crippen LogP contribution is 2.31. The van der Waals surface area contributed by atoms with Crippen molar-refractivity contribution >= 4 is 46.5 Å². The zero-order chi connectivity index (χ0) is 17.1. The highest BCUT2D eigenvalue weighted by molar-refractivity contribution is 8.00. The van der Waals surface area contributed by atoms with Crippen molar-refractivity contribution in [3.8, 4) is 0 Å². The third kappa shape index (κ3) is 3.60. The molecule has 0 saturated carbocycles. The Kier molecular flexibility index (Phi) is 5.16. The van der Waals surface area contributed by atoms with Crippen molar-refractivity contribution < 1.29 is 9.18 Å². The zero-order valence-electron chi connectivity index (χ0n) is 13.1. The number of benzene rings is 2. The van der Waals surface area contributed by atoms with Gasteiger partial charge >= 0.3 is 0 Å². The molecule has 4 nitrogen and oxygen atoms in total. The van der Waals surface area contributed by atoms with Gasteiger partial charge in [0.05, 0.1) is 16.4 Å². The van der Waals surface area contributed by atoms with Gasteiger partial charge in [0.1, 0.15) is 5.82 Å². The highest BCUT2D eigenvalue weighted by atomic mass is 35.5. The lowest BCUT2D eigenvalue weighted by atomic mass is 10.1. The van der Waals surface area contributed by atoms with Crippen molar-refractivity contribution in [2.24, 2.45) is 0 Å². The first-order chi connectivity index (χ1) is 11.6. The number of halogens is 2. The van der Waals surface area contributed by atoms with Gasteiger partial charge < -0.3 is 14.9 Å². The predicted octanol–water partition coefficient (Wildman–Crippen LogP) is 4.63. The summed E-state index contributed by atoms with van der Waals surface area (Å²) in [5, 5.41) is 6.26. The fourth-order valence-electron chi connectivity index (χ4n) is 2.49. The molecular formula is C17H17ClFN3OS. The molecule has 24 heavy (non-hydrogen) atoms. The number of carbonyl (C=O) groups excluding carboxylic acids is 1. The maximum atomic E-state index is 14.3. The Morgan fingerprint density at radius 3 is 2.79 bits per heavy atom. The number of nitrogens with zero attached hydrogens (tertiary/aromatic N) is 1. The van der Waals surface area contributed by atoms with Crippen molar-refractivity contribution in [3.05, 3.63) is 52.8 Å². The molecule has 3 rings (SSSR count). The van der Waals surface area contributed by atoms with Crippen molar-refractivity contribution in [1.29, 1.82) is 0 Å². The number of amides is 1. The second-order valence-corrected chi connectivity index (χ2v) is 6.87. The first-order valence-electron chi connectivity index (χ1n) is 7.57. The van der Waals surface area contributed by atoms with Crippen LogP contribution in [0.15, 0.2) is 36.4 Å². The molecule has 7 heteroatoms. The number of rotatable bonds is 4. The van der Waals surface area contributed by atoms with Crippen LogP contribution in [-0.4, -0.2) is 25.3 Å². The summed E-state index contributed by atoms with van der Waals surface area (Å²) < 4.78 is 16.2. The van der Waals surface area contributed by atoms with Gasteiger partial charge in [-0.1, -0.05) is 11.6 Å². The lowest BCUT2D eigenvalue weighted by Gasteiger charge is -2.17. The van der Waals surface area contributed by atoms with Crippen LogP contribution in [-0.2, 0) is 0 Å². The van der Waals surface area contributed by atoms with E-state index in [1.165, 1.54) is 6.07 Å². The first kappa shape index (κ1) is 16.9. The molecule has 0 atom stereocenters. The summed E-state index contributed by atoms with van der Waals surface area (Å²) in [6.45, 7) is 0.824. The molecule has 0 spiro atoms. The van der Waals surface area contributed by atoms with Crippen LogP contribution in [0.5, 0.6) is 0 Å². The normalized spacial score (nSPS) is 13.9. The molecule has 0 aliphatic carbocycles. The molecule has 0 aromatic heterocycles. The maximum absolute atomic E-state index is 14.3. The van der Waals surface area contributed by atoms with E-state index in [-0.39, 0.29) is 17.3 Å². The average molecular weight is 366 g/mol. The van der Waals surface area contributed by atoms with Crippen LogP contribution in [0.2, 0.25) is 5.02 Å². The van der Waals surface area contributed by atoms with E-state index in [0.717, 1.165) is 18.7 Å². The predicted molar refractivity (Wildman–Crippen MR) is 99.8 cm³/mol.